The second-order valence-electron chi connectivity index (χ2n) is 4.85. The van der Waals surface area contributed by atoms with Gasteiger partial charge in [0.25, 0.3) is 5.91 Å². The van der Waals surface area contributed by atoms with E-state index < -0.39 is 0 Å². The molecule has 1 rings (SSSR count). The Bertz CT molecular complexity index is 439. The fraction of sp³-hybridized carbons (Fsp3) is 0.429. The van der Waals surface area contributed by atoms with Crippen molar-refractivity contribution < 1.29 is 9.59 Å². The van der Waals surface area contributed by atoms with Gasteiger partial charge >= 0.3 is 0 Å². The van der Waals surface area contributed by atoms with Gasteiger partial charge in [-0.15, -0.1) is 0 Å². The van der Waals surface area contributed by atoms with Gasteiger partial charge in [-0.3, -0.25) is 9.59 Å². The van der Waals surface area contributed by atoms with Crippen molar-refractivity contribution >= 4 is 11.8 Å². The summed E-state index contributed by atoms with van der Waals surface area (Å²) >= 11 is 0. The van der Waals surface area contributed by atoms with Gasteiger partial charge in [-0.1, -0.05) is 12.1 Å². The van der Waals surface area contributed by atoms with E-state index in [0.717, 1.165) is 5.56 Å². The second kappa shape index (κ2) is 6.89. The maximum atomic E-state index is 11.7. The predicted molar refractivity (Wildman–Crippen MR) is 74.6 cm³/mol. The summed E-state index contributed by atoms with van der Waals surface area (Å²) < 4.78 is 0. The number of nitrogens with zero attached hydrogens (tertiary/aromatic N) is 1. The molecule has 0 aliphatic heterocycles. The number of nitrogens with two attached hydrogens (primary N) is 1. The third-order valence-corrected chi connectivity index (χ3v) is 2.60. The molecule has 0 radical (unpaired) electrons. The minimum Gasteiger partial charge on any atom is -0.352 e. The Morgan fingerprint density at radius 1 is 1.26 bits per heavy atom. The van der Waals surface area contributed by atoms with E-state index in [0.29, 0.717) is 18.5 Å². The zero-order valence-corrected chi connectivity index (χ0v) is 11.6. The molecule has 0 aliphatic carbocycles. The Hall–Kier alpha value is -1.88. The van der Waals surface area contributed by atoms with Crippen LogP contribution in [-0.4, -0.2) is 36.9 Å². The number of hydrogen-bond acceptors (Lipinski definition) is 3. The maximum absolute atomic E-state index is 11.7. The molecule has 0 aliphatic rings. The van der Waals surface area contributed by atoms with Crippen molar-refractivity contribution in [2.45, 2.75) is 25.9 Å². The first-order valence-electron chi connectivity index (χ1n) is 6.23. The predicted octanol–water partition coefficient (Wildman–Crippen LogP) is 0.742. The smallest absolute Gasteiger partial charge is 0.253 e. The first-order valence-corrected chi connectivity index (χ1v) is 6.23. The van der Waals surface area contributed by atoms with Crippen LogP contribution in [0.1, 0.15) is 29.3 Å². The van der Waals surface area contributed by atoms with Crippen LogP contribution in [0.5, 0.6) is 0 Å². The third-order valence-electron chi connectivity index (χ3n) is 2.60. The van der Waals surface area contributed by atoms with Crippen molar-refractivity contribution in [2.75, 3.05) is 14.1 Å². The lowest BCUT2D eigenvalue weighted by molar-refractivity contribution is -0.121. The topological polar surface area (TPSA) is 75.4 Å². The zero-order valence-electron chi connectivity index (χ0n) is 11.6. The lowest BCUT2D eigenvalue weighted by atomic mass is 10.1. The van der Waals surface area contributed by atoms with Crippen molar-refractivity contribution in [3.63, 3.8) is 0 Å². The molecule has 5 heteroatoms. The monoisotopic (exact) mass is 263 g/mol. The van der Waals surface area contributed by atoms with Crippen LogP contribution in [-0.2, 0) is 11.3 Å². The van der Waals surface area contributed by atoms with E-state index in [9.17, 15) is 9.59 Å². The zero-order chi connectivity index (χ0) is 14.4. The molecule has 19 heavy (non-hydrogen) atoms. The lowest BCUT2D eigenvalue weighted by Crippen LogP contribution is -2.29. The Morgan fingerprint density at radius 3 is 2.32 bits per heavy atom. The molecule has 104 valence electrons. The highest BCUT2D eigenvalue weighted by molar-refractivity contribution is 5.93. The van der Waals surface area contributed by atoms with Gasteiger partial charge in [0.2, 0.25) is 5.91 Å². The van der Waals surface area contributed by atoms with E-state index >= 15 is 0 Å². The van der Waals surface area contributed by atoms with Crippen molar-refractivity contribution in [2.24, 2.45) is 5.73 Å². The standard InChI is InChI=1S/C14H21N3O2/c1-10(15)8-13(18)16-9-11-4-6-12(7-5-11)14(19)17(2)3/h4-7,10H,8-9,15H2,1-3H3,(H,16,18). The first kappa shape index (κ1) is 15.2. The molecule has 1 aromatic rings. The molecule has 0 spiro atoms. The average Bonchev–Trinajstić information content (AvgIpc) is 2.35. The van der Waals surface area contributed by atoms with E-state index in [-0.39, 0.29) is 17.9 Å². The van der Waals surface area contributed by atoms with Gasteiger partial charge in [-0.25, -0.2) is 0 Å². The molecule has 0 bridgehead atoms. The van der Waals surface area contributed by atoms with Crippen LogP contribution >= 0.6 is 0 Å². The minimum absolute atomic E-state index is 0.0347. The number of carbonyl (C=O) groups excluding carboxylic acids is 2. The summed E-state index contributed by atoms with van der Waals surface area (Å²) in [5.74, 6) is -0.101. The highest BCUT2D eigenvalue weighted by Crippen LogP contribution is 2.06. The largest absolute Gasteiger partial charge is 0.352 e. The minimum atomic E-state index is -0.139. The van der Waals surface area contributed by atoms with Crippen LogP contribution in [0.4, 0.5) is 0 Å². The van der Waals surface area contributed by atoms with Gasteiger partial charge in [0, 0.05) is 38.7 Å². The molecule has 3 N–H and O–H groups in total. The normalized spacial score (nSPS) is 11.8. The number of benzene rings is 1. The molecule has 0 heterocycles. The van der Waals surface area contributed by atoms with Gasteiger partial charge in [0.15, 0.2) is 0 Å². The molecule has 0 saturated carbocycles. The SMILES string of the molecule is CC(N)CC(=O)NCc1ccc(C(=O)N(C)C)cc1. The van der Waals surface area contributed by atoms with Crippen LogP contribution in [0.3, 0.4) is 0 Å². The Morgan fingerprint density at radius 2 is 1.84 bits per heavy atom. The molecule has 2 amide bonds. The maximum Gasteiger partial charge on any atom is 0.253 e. The molecule has 1 atom stereocenters. The van der Waals surface area contributed by atoms with Gasteiger partial charge in [0.1, 0.15) is 0 Å². The summed E-state index contributed by atoms with van der Waals surface area (Å²) in [5, 5.41) is 2.79. The summed E-state index contributed by atoms with van der Waals surface area (Å²) in [6, 6.07) is 7.05. The highest BCUT2D eigenvalue weighted by Gasteiger charge is 2.08. The van der Waals surface area contributed by atoms with Crippen LogP contribution in [0.15, 0.2) is 24.3 Å². The van der Waals surface area contributed by atoms with Crippen LogP contribution in [0.2, 0.25) is 0 Å². The summed E-state index contributed by atoms with van der Waals surface area (Å²) in [6.07, 6.45) is 0.317. The van der Waals surface area contributed by atoms with Crippen molar-refractivity contribution in [1.29, 1.82) is 0 Å². The summed E-state index contributed by atoms with van der Waals surface area (Å²) in [7, 11) is 3.43. The Kier molecular flexibility index (Phi) is 5.51. The van der Waals surface area contributed by atoms with E-state index in [1.165, 1.54) is 4.90 Å². The van der Waals surface area contributed by atoms with Crippen molar-refractivity contribution in [3.05, 3.63) is 35.4 Å². The second-order valence-corrected chi connectivity index (χ2v) is 4.85. The third kappa shape index (κ3) is 5.09. The number of rotatable bonds is 5. The van der Waals surface area contributed by atoms with E-state index in [2.05, 4.69) is 5.32 Å². The van der Waals surface area contributed by atoms with E-state index in [1.54, 1.807) is 33.2 Å². The fourth-order valence-electron chi connectivity index (χ4n) is 1.59. The number of carbonyl (C=O) groups is 2. The molecule has 0 fully saturated rings. The molecule has 1 aromatic carbocycles. The van der Waals surface area contributed by atoms with Crippen LogP contribution in [0.25, 0.3) is 0 Å². The molecular formula is C14H21N3O2. The molecule has 5 nitrogen and oxygen atoms in total. The first-order chi connectivity index (χ1) is 8.90. The highest BCUT2D eigenvalue weighted by atomic mass is 16.2. The summed E-state index contributed by atoms with van der Waals surface area (Å²) in [4.78, 5) is 24.7. The van der Waals surface area contributed by atoms with Crippen molar-refractivity contribution in [3.8, 4) is 0 Å². The van der Waals surface area contributed by atoms with Gasteiger partial charge < -0.3 is 16.0 Å². The molecule has 1 unspecified atom stereocenters. The molecular weight excluding hydrogens is 242 g/mol. The lowest BCUT2D eigenvalue weighted by Gasteiger charge is -2.11. The van der Waals surface area contributed by atoms with Gasteiger partial charge in [-0.05, 0) is 24.6 Å². The Balaban J connectivity index is 2.53. The van der Waals surface area contributed by atoms with Gasteiger partial charge in [0.05, 0.1) is 0 Å². The van der Waals surface area contributed by atoms with E-state index in [4.69, 9.17) is 5.73 Å². The Labute approximate surface area is 113 Å². The fourth-order valence-corrected chi connectivity index (χ4v) is 1.59. The van der Waals surface area contributed by atoms with Gasteiger partial charge in [-0.2, -0.15) is 0 Å². The number of nitrogens with one attached hydrogen (secondary N) is 1. The van der Waals surface area contributed by atoms with Crippen LogP contribution in [0, 0.1) is 0 Å². The molecule has 0 saturated heterocycles. The van der Waals surface area contributed by atoms with Crippen molar-refractivity contribution in [1.82, 2.24) is 10.2 Å². The van der Waals surface area contributed by atoms with Crippen LogP contribution < -0.4 is 11.1 Å². The quantitative estimate of drug-likeness (QED) is 0.823. The number of hydrogen-bond donors (Lipinski definition) is 2. The summed E-state index contributed by atoms with van der Waals surface area (Å²) in [6.45, 7) is 2.24. The molecule has 0 aromatic heterocycles. The average molecular weight is 263 g/mol. The van der Waals surface area contributed by atoms with E-state index in [1.807, 2.05) is 12.1 Å². The number of amides is 2. The summed E-state index contributed by atoms with van der Waals surface area (Å²) in [5.41, 5.74) is 7.13.